The van der Waals surface area contributed by atoms with Crippen molar-refractivity contribution in [1.29, 1.82) is 0 Å². The Balaban J connectivity index is 2.89. The number of aryl methyl sites for hydroxylation is 2. The van der Waals surface area contributed by atoms with E-state index in [0.29, 0.717) is 5.15 Å². The van der Waals surface area contributed by atoms with E-state index < -0.39 is 0 Å². The highest BCUT2D eigenvalue weighted by Gasteiger charge is 2.01. The van der Waals surface area contributed by atoms with Gasteiger partial charge in [0.25, 0.3) is 0 Å². The predicted octanol–water partition coefficient (Wildman–Crippen LogP) is 3.51. The smallest absolute Gasteiger partial charge is 0.129 e. The maximum atomic E-state index is 5.83. The van der Waals surface area contributed by atoms with Crippen LogP contribution >= 0.6 is 11.6 Å². The predicted molar refractivity (Wildman–Crippen MR) is 56.2 cm³/mol. The first-order chi connectivity index (χ1) is 6.18. The second kappa shape index (κ2) is 3.00. The zero-order chi connectivity index (χ0) is 9.42. The molecular formula is C11H10ClN. The van der Waals surface area contributed by atoms with Gasteiger partial charge in [0, 0.05) is 5.39 Å². The number of hydrogen-bond donors (Lipinski definition) is 0. The molecule has 0 fully saturated rings. The lowest BCUT2D eigenvalue weighted by molar-refractivity contribution is 1.31. The first-order valence-electron chi connectivity index (χ1n) is 4.21. The molecule has 0 atom stereocenters. The van der Waals surface area contributed by atoms with E-state index in [2.05, 4.69) is 31.0 Å². The van der Waals surface area contributed by atoms with Crippen molar-refractivity contribution in [2.75, 3.05) is 0 Å². The number of hydrogen-bond acceptors (Lipinski definition) is 1. The van der Waals surface area contributed by atoms with E-state index in [4.69, 9.17) is 11.6 Å². The van der Waals surface area contributed by atoms with E-state index >= 15 is 0 Å². The highest BCUT2D eigenvalue weighted by atomic mass is 35.5. The van der Waals surface area contributed by atoms with Crippen LogP contribution in [-0.2, 0) is 0 Å². The summed E-state index contributed by atoms with van der Waals surface area (Å²) in [5.41, 5.74) is 3.47. The molecule has 0 aliphatic heterocycles. The van der Waals surface area contributed by atoms with Gasteiger partial charge >= 0.3 is 0 Å². The topological polar surface area (TPSA) is 12.9 Å². The molecule has 1 aromatic carbocycles. The minimum Gasteiger partial charge on any atom is -0.236 e. The molecule has 2 heteroatoms. The first-order valence-corrected chi connectivity index (χ1v) is 4.59. The number of halogens is 1. The first kappa shape index (κ1) is 8.52. The van der Waals surface area contributed by atoms with Gasteiger partial charge in [-0.3, -0.25) is 0 Å². The van der Waals surface area contributed by atoms with Crippen molar-refractivity contribution in [2.45, 2.75) is 13.8 Å². The van der Waals surface area contributed by atoms with E-state index in [0.717, 1.165) is 10.9 Å². The van der Waals surface area contributed by atoms with Crippen molar-refractivity contribution in [3.63, 3.8) is 0 Å². The van der Waals surface area contributed by atoms with Crippen molar-refractivity contribution in [1.82, 2.24) is 4.98 Å². The normalized spacial score (nSPS) is 10.7. The van der Waals surface area contributed by atoms with Crippen molar-refractivity contribution in [2.24, 2.45) is 0 Å². The largest absolute Gasteiger partial charge is 0.236 e. The van der Waals surface area contributed by atoms with Crippen LogP contribution in [0.1, 0.15) is 11.1 Å². The maximum Gasteiger partial charge on any atom is 0.129 e. The summed E-state index contributed by atoms with van der Waals surface area (Å²) in [6.07, 6.45) is 0. The van der Waals surface area contributed by atoms with Crippen molar-refractivity contribution >= 4 is 22.5 Å². The standard InChI is InChI=1S/C11H10ClN/c1-7-3-4-9-5-6-10(12)13-11(9)8(7)2/h3-6H,1-2H3. The van der Waals surface area contributed by atoms with Crippen LogP contribution < -0.4 is 0 Å². The van der Waals surface area contributed by atoms with E-state index in [9.17, 15) is 0 Å². The lowest BCUT2D eigenvalue weighted by atomic mass is 10.1. The molecule has 0 amide bonds. The van der Waals surface area contributed by atoms with Gasteiger partial charge in [0.2, 0.25) is 0 Å². The number of nitrogens with zero attached hydrogens (tertiary/aromatic N) is 1. The Bertz CT molecular complexity index is 458. The highest BCUT2D eigenvalue weighted by molar-refractivity contribution is 6.29. The number of benzene rings is 1. The van der Waals surface area contributed by atoms with Gasteiger partial charge in [-0.25, -0.2) is 4.98 Å². The lowest BCUT2D eigenvalue weighted by Crippen LogP contribution is -1.87. The summed E-state index contributed by atoms with van der Waals surface area (Å²) >= 11 is 5.83. The van der Waals surface area contributed by atoms with Crippen LogP contribution in [-0.4, -0.2) is 4.98 Å². The Hall–Kier alpha value is -1.08. The van der Waals surface area contributed by atoms with Gasteiger partial charge in [-0.2, -0.15) is 0 Å². The summed E-state index contributed by atoms with van der Waals surface area (Å²) in [5.74, 6) is 0. The van der Waals surface area contributed by atoms with Crippen molar-refractivity contribution in [3.05, 3.63) is 40.5 Å². The third-order valence-corrected chi connectivity index (χ3v) is 2.56. The van der Waals surface area contributed by atoms with Gasteiger partial charge in [-0.15, -0.1) is 0 Å². The molecule has 0 saturated heterocycles. The van der Waals surface area contributed by atoms with E-state index in [1.54, 1.807) is 0 Å². The average molecular weight is 192 g/mol. The molecule has 0 aliphatic carbocycles. The van der Waals surface area contributed by atoms with Gasteiger partial charge in [0.1, 0.15) is 5.15 Å². The van der Waals surface area contributed by atoms with Crippen LogP contribution in [0.2, 0.25) is 5.15 Å². The Morgan fingerprint density at radius 3 is 2.54 bits per heavy atom. The molecule has 0 saturated carbocycles. The van der Waals surface area contributed by atoms with Crippen molar-refractivity contribution < 1.29 is 0 Å². The number of rotatable bonds is 0. The van der Waals surface area contributed by atoms with Gasteiger partial charge in [-0.05, 0) is 37.1 Å². The van der Waals surface area contributed by atoms with Gasteiger partial charge < -0.3 is 0 Å². The van der Waals surface area contributed by atoms with Crippen molar-refractivity contribution in [3.8, 4) is 0 Å². The van der Waals surface area contributed by atoms with Crippen LogP contribution in [0, 0.1) is 13.8 Å². The number of fused-ring (bicyclic) bond motifs is 1. The lowest BCUT2D eigenvalue weighted by Gasteiger charge is -2.04. The molecule has 0 unspecified atom stereocenters. The highest BCUT2D eigenvalue weighted by Crippen LogP contribution is 2.21. The van der Waals surface area contributed by atoms with Crippen LogP contribution in [0.25, 0.3) is 10.9 Å². The fraction of sp³-hybridized carbons (Fsp3) is 0.182. The van der Waals surface area contributed by atoms with Crippen LogP contribution in [0.15, 0.2) is 24.3 Å². The summed E-state index contributed by atoms with van der Waals surface area (Å²) in [5, 5.41) is 1.70. The molecule has 0 radical (unpaired) electrons. The Labute approximate surface area is 82.4 Å². The molecule has 66 valence electrons. The van der Waals surface area contributed by atoms with Crippen LogP contribution in [0.5, 0.6) is 0 Å². The summed E-state index contributed by atoms with van der Waals surface area (Å²) in [7, 11) is 0. The fourth-order valence-corrected chi connectivity index (χ4v) is 1.56. The molecule has 0 spiro atoms. The average Bonchev–Trinajstić information content (AvgIpc) is 2.12. The minimum atomic E-state index is 0.557. The number of pyridine rings is 1. The molecule has 0 bridgehead atoms. The third-order valence-electron chi connectivity index (χ3n) is 2.35. The quantitative estimate of drug-likeness (QED) is 0.581. The molecule has 1 nitrogen and oxygen atoms in total. The van der Waals surface area contributed by atoms with Gasteiger partial charge in [0.05, 0.1) is 5.52 Å². The molecular weight excluding hydrogens is 182 g/mol. The van der Waals surface area contributed by atoms with E-state index in [1.807, 2.05) is 12.1 Å². The molecule has 1 heterocycles. The van der Waals surface area contributed by atoms with E-state index in [1.165, 1.54) is 11.1 Å². The summed E-state index contributed by atoms with van der Waals surface area (Å²) in [6, 6.07) is 7.99. The van der Waals surface area contributed by atoms with Crippen LogP contribution in [0.4, 0.5) is 0 Å². The maximum absolute atomic E-state index is 5.83. The monoisotopic (exact) mass is 191 g/mol. The Morgan fingerprint density at radius 1 is 1.08 bits per heavy atom. The summed E-state index contributed by atoms with van der Waals surface area (Å²) < 4.78 is 0. The molecule has 2 aromatic rings. The summed E-state index contributed by atoms with van der Waals surface area (Å²) in [6.45, 7) is 4.15. The summed E-state index contributed by atoms with van der Waals surface area (Å²) in [4.78, 5) is 4.30. The molecule has 0 aliphatic rings. The Morgan fingerprint density at radius 2 is 1.77 bits per heavy atom. The second-order valence-corrected chi connectivity index (χ2v) is 3.60. The number of aromatic nitrogens is 1. The molecule has 13 heavy (non-hydrogen) atoms. The Kier molecular flexibility index (Phi) is 1.97. The molecule has 2 rings (SSSR count). The third kappa shape index (κ3) is 1.40. The zero-order valence-electron chi connectivity index (χ0n) is 7.63. The second-order valence-electron chi connectivity index (χ2n) is 3.21. The molecule has 0 N–H and O–H groups in total. The zero-order valence-corrected chi connectivity index (χ0v) is 8.39. The minimum absolute atomic E-state index is 0.557. The van der Waals surface area contributed by atoms with Gasteiger partial charge in [-0.1, -0.05) is 23.7 Å². The van der Waals surface area contributed by atoms with Gasteiger partial charge in [0.15, 0.2) is 0 Å². The fourth-order valence-electron chi connectivity index (χ4n) is 1.41. The van der Waals surface area contributed by atoms with E-state index in [-0.39, 0.29) is 0 Å². The van der Waals surface area contributed by atoms with Crippen LogP contribution in [0.3, 0.4) is 0 Å². The SMILES string of the molecule is Cc1ccc2ccc(Cl)nc2c1C. The molecule has 1 aromatic heterocycles.